The van der Waals surface area contributed by atoms with Crippen molar-refractivity contribution >= 4 is 12.3 Å². The van der Waals surface area contributed by atoms with Gasteiger partial charge in [0.25, 0.3) is 6.47 Å². The minimum Gasteiger partial charge on any atom is -0.483 e. The number of allylic oxidation sites excluding steroid dienone is 3. The first-order valence-electron chi connectivity index (χ1n) is 6.49. The van der Waals surface area contributed by atoms with Gasteiger partial charge in [0.15, 0.2) is 5.78 Å². The van der Waals surface area contributed by atoms with Gasteiger partial charge in [-0.25, -0.2) is 0 Å². The number of rotatable bonds is 3. The summed E-state index contributed by atoms with van der Waals surface area (Å²) in [5.41, 5.74) is 0.809. The Labute approximate surface area is 120 Å². The third-order valence-electron chi connectivity index (χ3n) is 3.53. The van der Waals surface area contributed by atoms with Gasteiger partial charge in [0.05, 0.1) is 5.60 Å². The van der Waals surface area contributed by atoms with Gasteiger partial charge >= 0.3 is 0 Å². The van der Waals surface area contributed by atoms with Crippen LogP contribution in [0.5, 0.6) is 0 Å². The van der Waals surface area contributed by atoms with Crippen molar-refractivity contribution in [3.05, 3.63) is 36.0 Å². The predicted octanol–water partition coefficient (Wildman–Crippen LogP) is 2.89. The van der Waals surface area contributed by atoms with Gasteiger partial charge in [0.1, 0.15) is 0 Å². The Morgan fingerprint density at radius 3 is 2.35 bits per heavy atom. The number of carbonyl (C=O) groups is 2. The second-order valence-electron chi connectivity index (χ2n) is 5.71. The van der Waals surface area contributed by atoms with Crippen molar-refractivity contribution < 1.29 is 19.8 Å². The quantitative estimate of drug-likeness (QED) is 0.615. The van der Waals surface area contributed by atoms with Crippen LogP contribution in [0.25, 0.3) is 0 Å². The molecule has 2 N–H and O–H groups in total. The molecule has 0 saturated heterocycles. The van der Waals surface area contributed by atoms with Crippen LogP contribution >= 0.6 is 0 Å². The van der Waals surface area contributed by atoms with Gasteiger partial charge in [-0.15, -0.1) is 0 Å². The van der Waals surface area contributed by atoms with E-state index in [2.05, 4.69) is 20.4 Å². The average molecular weight is 280 g/mol. The lowest BCUT2D eigenvalue weighted by molar-refractivity contribution is -0.123. The Kier molecular flexibility index (Phi) is 6.59. The maximum absolute atomic E-state index is 11.7. The molecule has 1 atom stereocenters. The van der Waals surface area contributed by atoms with Gasteiger partial charge in [-0.1, -0.05) is 32.6 Å². The number of Topliss-reactive ketones (excluding diaryl/α,β-unsaturated/α-hetero) is 1. The van der Waals surface area contributed by atoms with Crippen molar-refractivity contribution in [2.75, 3.05) is 0 Å². The number of aliphatic hydroxyl groups is 1. The summed E-state index contributed by atoms with van der Waals surface area (Å²) < 4.78 is 0. The molecule has 1 aliphatic carbocycles. The highest BCUT2D eigenvalue weighted by atomic mass is 16.3. The zero-order valence-electron chi connectivity index (χ0n) is 12.6. The molecule has 20 heavy (non-hydrogen) atoms. The lowest BCUT2D eigenvalue weighted by atomic mass is 9.72. The van der Waals surface area contributed by atoms with Crippen LogP contribution in [0.2, 0.25) is 0 Å². The normalized spacial score (nSPS) is 20.9. The van der Waals surface area contributed by atoms with Crippen molar-refractivity contribution in [2.24, 2.45) is 5.41 Å². The number of carboxylic acid groups (broad SMARTS) is 1. The van der Waals surface area contributed by atoms with Crippen molar-refractivity contribution in [3.8, 4) is 0 Å². The van der Waals surface area contributed by atoms with Gasteiger partial charge in [0.2, 0.25) is 0 Å². The molecule has 0 amide bonds. The molecule has 1 rings (SSSR count). The van der Waals surface area contributed by atoms with E-state index in [9.17, 15) is 9.90 Å². The Bertz CT molecular complexity index is 439. The van der Waals surface area contributed by atoms with E-state index in [1.165, 1.54) is 6.08 Å². The zero-order valence-corrected chi connectivity index (χ0v) is 12.6. The summed E-state index contributed by atoms with van der Waals surface area (Å²) in [4.78, 5) is 20.1. The summed E-state index contributed by atoms with van der Waals surface area (Å²) in [5, 5.41) is 16.8. The van der Waals surface area contributed by atoms with Crippen molar-refractivity contribution in [1.82, 2.24) is 0 Å². The van der Waals surface area contributed by atoms with Crippen LogP contribution in [0.15, 0.2) is 36.0 Å². The highest BCUT2D eigenvalue weighted by Crippen LogP contribution is 2.39. The van der Waals surface area contributed by atoms with E-state index >= 15 is 0 Å². The molecule has 4 nitrogen and oxygen atoms in total. The first-order chi connectivity index (χ1) is 9.11. The van der Waals surface area contributed by atoms with E-state index in [4.69, 9.17) is 9.90 Å². The number of hydrogen-bond donors (Lipinski definition) is 2. The van der Waals surface area contributed by atoms with Gasteiger partial charge in [-0.2, -0.15) is 0 Å². The van der Waals surface area contributed by atoms with Crippen LogP contribution in [0.1, 0.15) is 40.5 Å². The van der Waals surface area contributed by atoms with Gasteiger partial charge in [0, 0.05) is 6.42 Å². The van der Waals surface area contributed by atoms with E-state index in [1.807, 2.05) is 13.0 Å². The summed E-state index contributed by atoms with van der Waals surface area (Å²) in [5.74, 6) is 0.210. The van der Waals surface area contributed by atoms with Gasteiger partial charge in [-0.3, -0.25) is 9.59 Å². The number of hydrogen-bond acceptors (Lipinski definition) is 3. The molecule has 1 aliphatic rings. The van der Waals surface area contributed by atoms with Crippen LogP contribution in [-0.4, -0.2) is 28.1 Å². The number of ketones is 1. The minimum absolute atomic E-state index is 0.00819. The topological polar surface area (TPSA) is 74.6 Å². The Morgan fingerprint density at radius 2 is 1.90 bits per heavy atom. The Hall–Kier alpha value is -1.68. The molecule has 0 radical (unpaired) electrons. The maximum Gasteiger partial charge on any atom is 0.290 e. The molecular formula is C16H24O4. The SMILES string of the molecule is C=CC(C)(O)/C=C/C1=C(C)C(=O)CCC1(C)C.O=CO. The fourth-order valence-electron chi connectivity index (χ4n) is 2.08. The van der Waals surface area contributed by atoms with Crippen LogP contribution in [-0.2, 0) is 9.59 Å². The molecule has 0 aromatic carbocycles. The van der Waals surface area contributed by atoms with Crippen LogP contribution in [0.4, 0.5) is 0 Å². The molecule has 0 spiro atoms. The highest BCUT2D eigenvalue weighted by molar-refractivity contribution is 5.97. The third-order valence-corrected chi connectivity index (χ3v) is 3.53. The molecule has 0 heterocycles. The molecule has 112 valence electrons. The molecule has 1 unspecified atom stereocenters. The highest BCUT2D eigenvalue weighted by Gasteiger charge is 2.31. The molecule has 0 aromatic heterocycles. The molecule has 0 bridgehead atoms. The lowest BCUT2D eigenvalue weighted by Crippen LogP contribution is -2.25. The zero-order chi connectivity index (χ0) is 16.0. The van der Waals surface area contributed by atoms with E-state index < -0.39 is 5.60 Å². The Morgan fingerprint density at radius 1 is 1.40 bits per heavy atom. The second kappa shape index (κ2) is 7.20. The first kappa shape index (κ1) is 18.3. The summed E-state index contributed by atoms with van der Waals surface area (Å²) in [7, 11) is 0. The summed E-state index contributed by atoms with van der Waals surface area (Å²) in [6, 6.07) is 0. The van der Waals surface area contributed by atoms with E-state index in [1.54, 1.807) is 13.0 Å². The summed E-state index contributed by atoms with van der Waals surface area (Å²) >= 11 is 0. The number of carbonyl (C=O) groups excluding carboxylic acids is 1. The van der Waals surface area contributed by atoms with Crippen molar-refractivity contribution in [2.45, 2.75) is 46.1 Å². The molecule has 0 aliphatic heterocycles. The van der Waals surface area contributed by atoms with Crippen LogP contribution in [0, 0.1) is 5.41 Å². The van der Waals surface area contributed by atoms with E-state index in [-0.39, 0.29) is 17.7 Å². The minimum atomic E-state index is -1.02. The third kappa shape index (κ3) is 5.13. The standard InChI is InChI=1S/C15H22O2.CH2O2/c1-6-15(5,17)10-7-12-11(2)13(16)8-9-14(12,3)4;2-1-3/h6-7,10,17H,1,8-9H2,2-5H3;1H,(H,2,3)/b10-7+;. The van der Waals surface area contributed by atoms with Gasteiger partial charge < -0.3 is 10.2 Å². The molecule has 0 saturated carbocycles. The first-order valence-corrected chi connectivity index (χ1v) is 6.49. The molecular weight excluding hydrogens is 256 g/mol. The molecule has 0 aromatic rings. The van der Waals surface area contributed by atoms with Crippen LogP contribution in [0.3, 0.4) is 0 Å². The van der Waals surface area contributed by atoms with Gasteiger partial charge in [-0.05, 0) is 42.9 Å². The predicted molar refractivity (Wildman–Crippen MR) is 79.4 cm³/mol. The fraction of sp³-hybridized carbons (Fsp3) is 0.500. The monoisotopic (exact) mass is 280 g/mol. The van der Waals surface area contributed by atoms with Crippen molar-refractivity contribution in [1.29, 1.82) is 0 Å². The smallest absolute Gasteiger partial charge is 0.290 e. The van der Waals surface area contributed by atoms with E-state index in [0.717, 1.165) is 17.6 Å². The summed E-state index contributed by atoms with van der Waals surface area (Å²) in [6.45, 7) is 11.1. The largest absolute Gasteiger partial charge is 0.483 e. The molecule has 4 heteroatoms. The van der Waals surface area contributed by atoms with E-state index in [0.29, 0.717) is 6.42 Å². The Balaban J connectivity index is 0.00000110. The van der Waals surface area contributed by atoms with Crippen molar-refractivity contribution in [3.63, 3.8) is 0 Å². The average Bonchev–Trinajstić information content (AvgIpc) is 2.35. The fourth-order valence-corrected chi connectivity index (χ4v) is 2.08. The molecule has 0 fully saturated rings. The second-order valence-corrected chi connectivity index (χ2v) is 5.71. The summed E-state index contributed by atoms with van der Waals surface area (Å²) in [6.07, 6.45) is 6.53. The lowest BCUT2D eigenvalue weighted by Gasteiger charge is -2.32. The maximum atomic E-state index is 11.7. The van der Waals surface area contributed by atoms with Crippen LogP contribution < -0.4 is 0 Å².